The molecular formula is C21H29N3O7. The zero-order valence-corrected chi connectivity index (χ0v) is 18.2. The summed E-state index contributed by atoms with van der Waals surface area (Å²) in [5, 5.41) is 5.42. The first-order valence-electron chi connectivity index (χ1n) is 10.3. The first kappa shape index (κ1) is 22.8. The molecule has 2 aliphatic rings. The van der Waals surface area contributed by atoms with Crippen LogP contribution in [0.4, 0.5) is 4.79 Å². The van der Waals surface area contributed by atoms with Crippen molar-refractivity contribution >= 4 is 18.0 Å². The summed E-state index contributed by atoms with van der Waals surface area (Å²) in [6.07, 6.45) is 0.720. The number of hydrogen-bond acceptors (Lipinski definition) is 8. The molecule has 10 nitrogen and oxygen atoms in total. The van der Waals surface area contributed by atoms with Crippen molar-refractivity contribution in [2.24, 2.45) is 0 Å². The zero-order chi connectivity index (χ0) is 22.6. The van der Waals surface area contributed by atoms with Crippen LogP contribution in [0.1, 0.15) is 39.5 Å². The van der Waals surface area contributed by atoms with Crippen LogP contribution >= 0.6 is 0 Å². The molecule has 0 bridgehead atoms. The van der Waals surface area contributed by atoms with E-state index in [4.69, 9.17) is 18.6 Å². The number of morpholine rings is 1. The van der Waals surface area contributed by atoms with Gasteiger partial charge in [0.1, 0.15) is 17.4 Å². The Hall–Kier alpha value is -2.85. The molecule has 0 saturated carbocycles. The average molecular weight is 435 g/mol. The van der Waals surface area contributed by atoms with Crippen LogP contribution in [0, 0.1) is 0 Å². The first-order chi connectivity index (χ1) is 14.7. The van der Waals surface area contributed by atoms with Crippen LogP contribution in [0.15, 0.2) is 34.1 Å². The van der Waals surface area contributed by atoms with Crippen LogP contribution in [0.5, 0.6) is 0 Å². The predicted molar refractivity (Wildman–Crippen MR) is 109 cm³/mol. The normalized spacial score (nSPS) is 22.5. The molecule has 3 rings (SSSR count). The highest BCUT2D eigenvalue weighted by Gasteiger charge is 2.37. The number of furan rings is 1. The summed E-state index contributed by atoms with van der Waals surface area (Å²) in [5.41, 5.74) is 0.0341. The van der Waals surface area contributed by atoms with Gasteiger partial charge in [0.2, 0.25) is 0 Å². The minimum absolute atomic E-state index is 0.187. The second-order valence-electron chi connectivity index (χ2n) is 8.29. The molecule has 2 atom stereocenters. The molecule has 2 aliphatic heterocycles. The van der Waals surface area contributed by atoms with Gasteiger partial charge < -0.3 is 29.3 Å². The lowest BCUT2D eigenvalue weighted by molar-refractivity contribution is -0.173. The summed E-state index contributed by atoms with van der Waals surface area (Å²) in [5.74, 6) is -0.577. The molecule has 0 unspecified atom stereocenters. The largest absolute Gasteiger partial charge is 0.467 e. The lowest BCUT2D eigenvalue weighted by atomic mass is 9.99. The highest BCUT2D eigenvalue weighted by molar-refractivity contribution is 5.95. The van der Waals surface area contributed by atoms with Gasteiger partial charge in [-0.3, -0.25) is 4.90 Å². The molecule has 10 heteroatoms. The van der Waals surface area contributed by atoms with Crippen LogP contribution in [-0.2, 0) is 23.8 Å². The van der Waals surface area contributed by atoms with Gasteiger partial charge in [-0.05, 0) is 39.8 Å². The molecule has 1 aromatic heterocycles. The maximum absolute atomic E-state index is 12.8. The molecule has 0 aliphatic carbocycles. The minimum atomic E-state index is -0.777. The van der Waals surface area contributed by atoms with Gasteiger partial charge in [0.15, 0.2) is 6.10 Å². The number of carbonyl (C=O) groups is 3. The second kappa shape index (κ2) is 9.52. The van der Waals surface area contributed by atoms with Crippen molar-refractivity contribution in [2.75, 3.05) is 32.8 Å². The lowest BCUT2D eigenvalue weighted by Gasteiger charge is -2.35. The van der Waals surface area contributed by atoms with E-state index in [0.29, 0.717) is 24.6 Å². The van der Waals surface area contributed by atoms with E-state index < -0.39 is 35.7 Å². The predicted octanol–water partition coefficient (Wildman–Crippen LogP) is 1.49. The van der Waals surface area contributed by atoms with Gasteiger partial charge in [-0.25, -0.2) is 14.4 Å². The van der Waals surface area contributed by atoms with Crippen LogP contribution in [0.25, 0.3) is 0 Å². The van der Waals surface area contributed by atoms with E-state index in [-0.39, 0.29) is 25.3 Å². The lowest BCUT2D eigenvalue weighted by Crippen LogP contribution is -2.52. The zero-order valence-electron chi connectivity index (χ0n) is 18.2. The van der Waals surface area contributed by atoms with E-state index in [1.165, 1.54) is 6.26 Å². The Morgan fingerprint density at radius 2 is 2.10 bits per heavy atom. The van der Waals surface area contributed by atoms with E-state index in [1.807, 2.05) is 4.90 Å². The number of carbonyl (C=O) groups excluding carboxylic acids is 3. The Bertz CT molecular complexity index is 842. The number of urea groups is 1. The molecule has 0 radical (unpaired) electrons. The number of nitrogens with one attached hydrogen (secondary N) is 2. The van der Waals surface area contributed by atoms with Crippen molar-refractivity contribution < 1.29 is 33.0 Å². The number of amides is 2. The smallest absolute Gasteiger partial charge is 0.338 e. The molecule has 31 heavy (non-hydrogen) atoms. The van der Waals surface area contributed by atoms with E-state index in [2.05, 4.69) is 10.6 Å². The molecule has 1 saturated heterocycles. The number of esters is 2. The van der Waals surface area contributed by atoms with E-state index in [1.54, 1.807) is 39.8 Å². The monoisotopic (exact) mass is 435 g/mol. The summed E-state index contributed by atoms with van der Waals surface area (Å²) >= 11 is 0. The Morgan fingerprint density at radius 1 is 1.32 bits per heavy atom. The summed E-state index contributed by atoms with van der Waals surface area (Å²) < 4.78 is 21.7. The molecule has 2 N–H and O–H groups in total. The maximum atomic E-state index is 12.8. The van der Waals surface area contributed by atoms with Crippen molar-refractivity contribution in [1.82, 2.24) is 15.5 Å². The second-order valence-corrected chi connectivity index (χ2v) is 8.29. The topological polar surface area (TPSA) is 119 Å². The standard InChI is InChI=1S/C21H29N3O7/c1-5-28-19(26)16-13(22-20(27)23-17(16)14-7-6-9-29-14)11-24-8-10-30-15(12-24)18(25)31-21(2,3)4/h6-7,9,15,17H,5,8,10-12H2,1-4H3,(H2,22,23,27)/t15-,17+/m0/s1. The summed E-state index contributed by atoms with van der Waals surface area (Å²) in [4.78, 5) is 39.4. The molecular weight excluding hydrogens is 406 g/mol. The number of nitrogens with zero attached hydrogens (tertiary/aromatic N) is 1. The number of hydrogen-bond donors (Lipinski definition) is 2. The molecule has 1 fully saturated rings. The maximum Gasteiger partial charge on any atom is 0.338 e. The highest BCUT2D eigenvalue weighted by atomic mass is 16.6. The molecule has 1 aromatic rings. The van der Waals surface area contributed by atoms with E-state index >= 15 is 0 Å². The fourth-order valence-corrected chi connectivity index (χ4v) is 3.44. The Balaban J connectivity index is 1.83. The van der Waals surface area contributed by atoms with Gasteiger partial charge in [-0.1, -0.05) is 0 Å². The minimum Gasteiger partial charge on any atom is -0.467 e. The third-order valence-electron chi connectivity index (χ3n) is 4.68. The quantitative estimate of drug-likeness (QED) is 0.645. The van der Waals surface area contributed by atoms with Gasteiger partial charge in [-0.2, -0.15) is 0 Å². The van der Waals surface area contributed by atoms with Gasteiger partial charge >= 0.3 is 18.0 Å². The molecule has 0 aromatic carbocycles. The van der Waals surface area contributed by atoms with Crippen molar-refractivity contribution in [3.8, 4) is 0 Å². The number of ether oxygens (including phenoxy) is 3. The molecule has 3 heterocycles. The van der Waals surface area contributed by atoms with Crippen LogP contribution in [0.3, 0.4) is 0 Å². The van der Waals surface area contributed by atoms with Crippen LogP contribution in [0.2, 0.25) is 0 Å². The van der Waals surface area contributed by atoms with Gasteiger partial charge in [0.25, 0.3) is 0 Å². The third-order valence-corrected chi connectivity index (χ3v) is 4.68. The average Bonchev–Trinajstić information content (AvgIpc) is 3.21. The van der Waals surface area contributed by atoms with Gasteiger partial charge in [0, 0.05) is 25.3 Å². The van der Waals surface area contributed by atoms with Crippen molar-refractivity contribution in [3.63, 3.8) is 0 Å². The van der Waals surface area contributed by atoms with Gasteiger partial charge in [0.05, 0.1) is 25.1 Å². The fourth-order valence-electron chi connectivity index (χ4n) is 3.44. The highest BCUT2D eigenvalue weighted by Crippen LogP contribution is 2.28. The Labute approximate surface area is 180 Å². The van der Waals surface area contributed by atoms with Gasteiger partial charge in [-0.15, -0.1) is 0 Å². The van der Waals surface area contributed by atoms with E-state index in [9.17, 15) is 14.4 Å². The van der Waals surface area contributed by atoms with Crippen LogP contribution in [-0.4, -0.2) is 67.4 Å². The number of rotatable bonds is 6. The van der Waals surface area contributed by atoms with Crippen molar-refractivity contribution in [2.45, 2.75) is 45.4 Å². The summed E-state index contributed by atoms with van der Waals surface area (Å²) in [7, 11) is 0. The van der Waals surface area contributed by atoms with E-state index in [0.717, 1.165) is 0 Å². The Morgan fingerprint density at radius 3 is 2.74 bits per heavy atom. The summed E-state index contributed by atoms with van der Waals surface area (Å²) in [6.45, 7) is 8.61. The SMILES string of the molecule is CCOC(=O)C1=C(CN2CCO[C@H](C(=O)OC(C)(C)C)C2)NC(=O)N[C@@H]1c1ccco1. The van der Waals surface area contributed by atoms with Crippen LogP contribution < -0.4 is 10.6 Å². The summed E-state index contributed by atoms with van der Waals surface area (Å²) in [6, 6.07) is 2.13. The molecule has 170 valence electrons. The third kappa shape index (κ3) is 5.86. The van der Waals surface area contributed by atoms with Crippen molar-refractivity contribution in [1.29, 1.82) is 0 Å². The molecule has 0 spiro atoms. The molecule has 2 amide bonds. The Kier molecular flexibility index (Phi) is 7.01. The van der Waals surface area contributed by atoms with Crippen molar-refractivity contribution in [3.05, 3.63) is 35.4 Å². The fraction of sp³-hybridized carbons (Fsp3) is 0.571. The first-order valence-corrected chi connectivity index (χ1v) is 10.3.